The molecule has 1 heterocycles. The number of nitriles is 1. The molecule has 102 valence electrons. The molecule has 2 rings (SSSR count). The van der Waals surface area contributed by atoms with E-state index < -0.39 is 0 Å². The number of hydrogen-bond acceptors (Lipinski definition) is 4. The molecule has 0 unspecified atom stereocenters. The molecular formula is C15H14N2O3. The molecule has 5 nitrogen and oxygen atoms in total. The topological polar surface area (TPSA) is 62.6 Å². The Morgan fingerprint density at radius 1 is 1.30 bits per heavy atom. The second-order valence-electron chi connectivity index (χ2n) is 4.20. The van der Waals surface area contributed by atoms with Crippen LogP contribution in [-0.4, -0.2) is 20.1 Å². The zero-order chi connectivity index (χ0) is 14.7. The van der Waals surface area contributed by atoms with Crippen LogP contribution in [0.5, 0.6) is 11.5 Å². The van der Waals surface area contributed by atoms with Gasteiger partial charge in [-0.15, -0.1) is 0 Å². The molecule has 0 aromatic heterocycles. The van der Waals surface area contributed by atoms with Crippen molar-refractivity contribution in [2.24, 2.45) is 0 Å². The summed E-state index contributed by atoms with van der Waals surface area (Å²) in [7, 11) is 3.08. The normalized spacial score (nSPS) is 16.1. The fourth-order valence-corrected chi connectivity index (χ4v) is 2.08. The molecule has 0 N–H and O–H groups in total. The number of nitrogens with zero attached hydrogens (tertiary/aromatic N) is 2. The summed E-state index contributed by atoms with van der Waals surface area (Å²) in [5.41, 5.74) is 1.83. The van der Waals surface area contributed by atoms with Gasteiger partial charge in [-0.25, -0.2) is 0 Å². The van der Waals surface area contributed by atoms with Gasteiger partial charge in [-0.2, -0.15) is 5.26 Å². The molecule has 0 radical (unpaired) electrons. The van der Waals surface area contributed by atoms with E-state index in [0.29, 0.717) is 22.9 Å². The smallest absolute Gasteiger partial charge is 0.256 e. The second-order valence-corrected chi connectivity index (χ2v) is 4.20. The van der Waals surface area contributed by atoms with E-state index in [1.54, 1.807) is 32.2 Å². The molecule has 0 aliphatic carbocycles. The first-order chi connectivity index (χ1) is 9.62. The van der Waals surface area contributed by atoms with Gasteiger partial charge in [-0.1, -0.05) is 0 Å². The van der Waals surface area contributed by atoms with Crippen molar-refractivity contribution < 1.29 is 14.3 Å². The summed E-state index contributed by atoms with van der Waals surface area (Å²) in [6, 6.07) is 7.13. The van der Waals surface area contributed by atoms with Gasteiger partial charge in [0.1, 0.15) is 11.5 Å². The van der Waals surface area contributed by atoms with Gasteiger partial charge in [0, 0.05) is 18.2 Å². The number of hydrogen-bond donors (Lipinski definition) is 0. The summed E-state index contributed by atoms with van der Waals surface area (Å²) in [4.78, 5) is 13.6. The van der Waals surface area contributed by atoms with E-state index in [1.807, 2.05) is 6.07 Å². The maximum absolute atomic E-state index is 12.1. The molecule has 0 bridgehead atoms. The van der Waals surface area contributed by atoms with Crippen LogP contribution in [0, 0.1) is 11.3 Å². The van der Waals surface area contributed by atoms with Gasteiger partial charge in [0.05, 0.1) is 31.7 Å². The molecule has 1 aromatic carbocycles. The van der Waals surface area contributed by atoms with Crippen molar-refractivity contribution in [2.45, 2.75) is 6.92 Å². The van der Waals surface area contributed by atoms with Gasteiger partial charge < -0.3 is 9.47 Å². The van der Waals surface area contributed by atoms with Crippen molar-refractivity contribution in [1.82, 2.24) is 0 Å². The van der Waals surface area contributed by atoms with Gasteiger partial charge in [-0.3, -0.25) is 9.69 Å². The maximum atomic E-state index is 12.1. The molecule has 1 amide bonds. The van der Waals surface area contributed by atoms with Crippen LogP contribution in [0.1, 0.15) is 6.92 Å². The highest BCUT2D eigenvalue weighted by Crippen LogP contribution is 2.38. The summed E-state index contributed by atoms with van der Waals surface area (Å²) in [5, 5.41) is 8.88. The van der Waals surface area contributed by atoms with Gasteiger partial charge in [0.25, 0.3) is 5.91 Å². The molecule has 20 heavy (non-hydrogen) atoms. The standard InChI is InChI=1S/C15H14N2O3/c1-10-8-15(18)17(12(10)6-7-16)13-9-11(19-2)4-5-14(13)20-3/h4-6,8-9H,1-3H3/b12-6+. The van der Waals surface area contributed by atoms with Crippen LogP contribution in [0.15, 0.2) is 41.6 Å². The average Bonchev–Trinajstić information content (AvgIpc) is 2.73. The third kappa shape index (κ3) is 2.24. The van der Waals surface area contributed by atoms with Gasteiger partial charge >= 0.3 is 0 Å². The Hall–Kier alpha value is -2.74. The van der Waals surface area contributed by atoms with Crippen molar-refractivity contribution >= 4 is 11.6 Å². The largest absolute Gasteiger partial charge is 0.497 e. The minimum absolute atomic E-state index is 0.212. The van der Waals surface area contributed by atoms with E-state index in [2.05, 4.69) is 0 Å². The summed E-state index contributed by atoms with van der Waals surface area (Å²) in [6.45, 7) is 1.79. The number of methoxy groups -OCH3 is 2. The highest BCUT2D eigenvalue weighted by molar-refractivity contribution is 6.10. The second kappa shape index (κ2) is 5.49. The van der Waals surface area contributed by atoms with Gasteiger partial charge in [-0.05, 0) is 24.6 Å². The molecule has 5 heteroatoms. The van der Waals surface area contributed by atoms with E-state index >= 15 is 0 Å². The van der Waals surface area contributed by atoms with Gasteiger partial charge in [0.15, 0.2) is 0 Å². The van der Waals surface area contributed by atoms with E-state index in [4.69, 9.17) is 14.7 Å². The number of anilines is 1. The van der Waals surface area contributed by atoms with Crippen LogP contribution >= 0.6 is 0 Å². The number of amides is 1. The van der Waals surface area contributed by atoms with Crippen LogP contribution < -0.4 is 14.4 Å². The van der Waals surface area contributed by atoms with Crippen molar-refractivity contribution in [1.29, 1.82) is 5.26 Å². The molecule has 0 atom stereocenters. The number of carbonyl (C=O) groups is 1. The molecule has 0 fully saturated rings. The molecule has 0 spiro atoms. The lowest BCUT2D eigenvalue weighted by molar-refractivity contribution is -0.113. The Kier molecular flexibility index (Phi) is 3.76. The van der Waals surface area contributed by atoms with Crippen LogP contribution in [0.25, 0.3) is 0 Å². The van der Waals surface area contributed by atoms with E-state index in [9.17, 15) is 4.79 Å². The highest BCUT2D eigenvalue weighted by Gasteiger charge is 2.29. The number of rotatable bonds is 3. The zero-order valence-corrected chi connectivity index (χ0v) is 11.5. The number of carbonyl (C=O) groups excluding carboxylic acids is 1. The lowest BCUT2D eigenvalue weighted by Gasteiger charge is -2.21. The molecule has 0 saturated carbocycles. The predicted molar refractivity (Wildman–Crippen MR) is 74.5 cm³/mol. The van der Waals surface area contributed by atoms with E-state index in [1.165, 1.54) is 24.2 Å². The Bertz CT molecular complexity index is 654. The first kappa shape index (κ1) is 13.7. The van der Waals surface area contributed by atoms with Crippen LogP contribution in [0.4, 0.5) is 5.69 Å². The minimum Gasteiger partial charge on any atom is -0.497 e. The quantitative estimate of drug-likeness (QED) is 0.791. The Morgan fingerprint density at radius 3 is 2.65 bits per heavy atom. The first-order valence-corrected chi connectivity index (χ1v) is 5.97. The fourth-order valence-electron chi connectivity index (χ4n) is 2.08. The van der Waals surface area contributed by atoms with Crippen molar-refractivity contribution in [2.75, 3.05) is 19.1 Å². The van der Waals surface area contributed by atoms with Crippen molar-refractivity contribution in [3.05, 3.63) is 41.6 Å². The Morgan fingerprint density at radius 2 is 2.05 bits per heavy atom. The monoisotopic (exact) mass is 270 g/mol. The molecule has 1 aliphatic rings. The van der Waals surface area contributed by atoms with Crippen molar-refractivity contribution in [3.8, 4) is 17.6 Å². The summed E-state index contributed by atoms with van der Waals surface area (Å²) < 4.78 is 10.5. The number of benzene rings is 1. The van der Waals surface area contributed by atoms with Gasteiger partial charge in [0.2, 0.25) is 0 Å². The zero-order valence-electron chi connectivity index (χ0n) is 11.5. The molecule has 1 aromatic rings. The molecular weight excluding hydrogens is 256 g/mol. The Balaban J connectivity index is 2.58. The summed E-state index contributed by atoms with van der Waals surface area (Å²) >= 11 is 0. The van der Waals surface area contributed by atoms with Crippen LogP contribution in [-0.2, 0) is 4.79 Å². The number of ether oxygens (including phenoxy) is 2. The predicted octanol–water partition coefficient (Wildman–Crippen LogP) is 2.40. The lowest BCUT2D eigenvalue weighted by atomic mass is 10.2. The first-order valence-electron chi connectivity index (χ1n) is 5.97. The minimum atomic E-state index is -0.212. The third-order valence-corrected chi connectivity index (χ3v) is 3.03. The third-order valence-electron chi connectivity index (χ3n) is 3.03. The Labute approximate surface area is 117 Å². The van der Waals surface area contributed by atoms with Crippen molar-refractivity contribution in [3.63, 3.8) is 0 Å². The maximum Gasteiger partial charge on any atom is 0.256 e. The summed E-state index contributed by atoms with van der Waals surface area (Å²) in [6.07, 6.45) is 2.83. The summed E-state index contributed by atoms with van der Waals surface area (Å²) in [5.74, 6) is 0.927. The number of allylic oxidation sites excluding steroid dienone is 2. The van der Waals surface area contributed by atoms with Crippen LogP contribution in [0.2, 0.25) is 0 Å². The lowest BCUT2D eigenvalue weighted by Crippen LogP contribution is -2.24. The van der Waals surface area contributed by atoms with Crippen LogP contribution in [0.3, 0.4) is 0 Å². The fraction of sp³-hybridized carbons (Fsp3) is 0.200. The SMILES string of the molecule is COc1ccc(OC)c(N2C(=O)C=C(C)/C2=C\C#N)c1. The highest BCUT2D eigenvalue weighted by atomic mass is 16.5. The average molecular weight is 270 g/mol. The molecule has 0 saturated heterocycles. The van der Waals surface area contributed by atoms with E-state index in [-0.39, 0.29) is 5.91 Å². The van der Waals surface area contributed by atoms with E-state index in [0.717, 1.165) is 5.57 Å². The molecule has 1 aliphatic heterocycles.